The van der Waals surface area contributed by atoms with Gasteiger partial charge in [0.1, 0.15) is 16.9 Å². The zero-order chi connectivity index (χ0) is 19.4. The van der Waals surface area contributed by atoms with E-state index < -0.39 is 12.1 Å². The van der Waals surface area contributed by atoms with Crippen molar-refractivity contribution in [2.45, 2.75) is 19.4 Å². The number of aliphatic carboxylic acids is 1. The fourth-order valence-electron chi connectivity index (χ4n) is 2.54. The minimum Gasteiger partial charge on any atom is -0.496 e. The van der Waals surface area contributed by atoms with Gasteiger partial charge in [-0.25, -0.2) is 14.8 Å². The molecule has 0 amide bonds. The quantitative estimate of drug-likeness (QED) is 0.416. The van der Waals surface area contributed by atoms with Gasteiger partial charge in [0.2, 0.25) is 12.0 Å². The highest BCUT2D eigenvalue weighted by molar-refractivity contribution is 14.1. The van der Waals surface area contributed by atoms with Gasteiger partial charge in [0.05, 0.1) is 20.9 Å². The molecule has 0 unspecified atom stereocenters. The summed E-state index contributed by atoms with van der Waals surface area (Å²) in [6.45, 7) is 1.76. The summed E-state index contributed by atoms with van der Waals surface area (Å²) in [5, 5.41) is 10.3. The molecule has 0 aliphatic carbocycles. The molecule has 0 radical (unpaired) electrons. The molecule has 0 fully saturated rings. The second-order valence-electron chi connectivity index (χ2n) is 5.44. The molecule has 2 heterocycles. The summed E-state index contributed by atoms with van der Waals surface area (Å²) in [4.78, 5) is 21.8. The molecular formula is C19H15IN2O4S. The van der Waals surface area contributed by atoms with Crippen molar-refractivity contribution >= 4 is 50.1 Å². The number of hydrogen-bond donors (Lipinski definition) is 1. The molecule has 0 spiro atoms. The first-order valence-corrected chi connectivity index (χ1v) is 9.81. The third-order valence-electron chi connectivity index (χ3n) is 3.76. The summed E-state index contributed by atoms with van der Waals surface area (Å²) in [5.41, 5.74) is 0.746. The summed E-state index contributed by atoms with van der Waals surface area (Å²) in [6.07, 6.45) is 0.401. The molecule has 0 bridgehead atoms. The van der Waals surface area contributed by atoms with Crippen molar-refractivity contribution in [3.05, 3.63) is 44.6 Å². The van der Waals surface area contributed by atoms with E-state index in [0.717, 1.165) is 14.0 Å². The fraction of sp³-hybridized carbons (Fsp3) is 0.211. The maximum atomic E-state index is 11.8. The number of methoxy groups -OCH3 is 1. The molecule has 6 nitrogen and oxygen atoms in total. The summed E-state index contributed by atoms with van der Waals surface area (Å²) < 4.78 is 12.0. The predicted octanol–water partition coefficient (Wildman–Crippen LogP) is 3.75. The van der Waals surface area contributed by atoms with Crippen LogP contribution < -0.4 is 9.47 Å². The Morgan fingerprint density at radius 1 is 1.37 bits per heavy atom. The van der Waals surface area contributed by atoms with Crippen molar-refractivity contribution in [3.63, 3.8) is 0 Å². The van der Waals surface area contributed by atoms with Crippen LogP contribution in [0.2, 0.25) is 0 Å². The van der Waals surface area contributed by atoms with Crippen LogP contribution in [0.3, 0.4) is 0 Å². The van der Waals surface area contributed by atoms with E-state index in [1.54, 1.807) is 20.1 Å². The van der Waals surface area contributed by atoms with Gasteiger partial charge in [-0.1, -0.05) is 24.1 Å². The monoisotopic (exact) mass is 494 g/mol. The molecule has 0 saturated heterocycles. The smallest absolute Gasteiger partial charge is 0.345 e. The second kappa shape index (κ2) is 8.54. The Bertz CT molecular complexity index is 1050. The lowest BCUT2D eigenvalue weighted by Gasteiger charge is -2.16. The summed E-state index contributed by atoms with van der Waals surface area (Å²) in [6, 6.07) is 7.26. The van der Waals surface area contributed by atoms with E-state index in [4.69, 9.17) is 9.47 Å². The molecule has 1 N–H and O–H groups in total. The van der Waals surface area contributed by atoms with Gasteiger partial charge in [0, 0.05) is 6.42 Å². The minimum absolute atomic E-state index is 0.146. The molecule has 1 aromatic carbocycles. The topological polar surface area (TPSA) is 81.5 Å². The predicted molar refractivity (Wildman–Crippen MR) is 111 cm³/mol. The lowest BCUT2D eigenvalue weighted by atomic mass is 10.1. The molecule has 0 saturated carbocycles. The first-order chi connectivity index (χ1) is 13.0. The highest BCUT2D eigenvalue weighted by Gasteiger charge is 2.25. The van der Waals surface area contributed by atoms with Gasteiger partial charge in [-0.2, -0.15) is 0 Å². The summed E-state index contributed by atoms with van der Waals surface area (Å²) in [7, 11) is 1.55. The van der Waals surface area contributed by atoms with Crippen molar-refractivity contribution in [3.8, 4) is 23.5 Å². The van der Waals surface area contributed by atoms with Gasteiger partial charge in [0.15, 0.2) is 0 Å². The largest absolute Gasteiger partial charge is 0.496 e. The van der Waals surface area contributed by atoms with Crippen LogP contribution in [0.5, 0.6) is 11.6 Å². The number of hydrogen-bond acceptors (Lipinski definition) is 6. The van der Waals surface area contributed by atoms with Gasteiger partial charge in [0.25, 0.3) is 0 Å². The Morgan fingerprint density at radius 3 is 2.85 bits per heavy atom. The standard InChI is InChI=1S/C19H15IN2O4S/c1-3-6-14-16(20)15-17(21-10-22-18(15)27-14)26-13(19(23)24)9-11-7-4-5-8-12(11)25-2/h4-5,7-8,10,13H,9H2,1-2H3,(H,23,24)/t13-/m1/s1. The van der Waals surface area contributed by atoms with Crippen LogP contribution in [-0.2, 0) is 11.2 Å². The number of rotatable bonds is 6. The van der Waals surface area contributed by atoms with Gasteiger partial charge >= 0.3 is 5.97 Å². The van der Waals surface area contributed by atoms with Gasteiger partial charge < -0.3 is 14.6 Å². The molecule has 3 aromatic rings. The highest BCUT2D eigenvalue weighted by Crippen LogP contribution is 2.36. The van der Waals surface area contributed by atoms with E-state index in [1.807, 2.05) is 18.2 Å². The lowest BCUT2D eigenvalue weighted by molar-refractivity contribution is -0.145. The first kappa shape index (κ1) is 19.4. The minimum atomic E-state index is -1.11. The van der Waals surface area contributed by atoms with Crippen molar-refractivity contribution in [1.82, 2.24) is 9.97 Å². The van der Waals surface area contributed by atoms with E-state index in [-0.39, 0.29) is 12.3 Å². The average Bonchev–Trinajstić information content (AvgIpc) is 2.98. The number of nitrogens with zero attached hydrogens (tertiary/aromatic N) is 2. The van der Waals surface area contributed by atoms with Crippen molar-refractivity contribution in [2.75, 3.05) is 7.11 Å². The Hall–Kier alpha value is -2.38. The number of ether oxygens (including phenoxy) is 2. The fourth-order valence-corrected chi connectivity index (χ4v) is 4.61. The van der Waals surface area contributed by atoms with E-state index in [2.05, 4.69) is 44.4 Å². The number of carboxylic acid groups (broad SMARTS) is 1. The number of halogens is 1. The molecule has 3 rings (SSSR count). The van der Waals surface area contributed by atoms with Gasteiger partial charge in [-0.05, 0) is 41.1 Å². The Balaban J connectivity index is 1.97. The van der Waals surface area contributed by atoms with Crippen LogP contribution in [0.1, 0.15) is 17.4 Å². The second-order valence-corrected chi connectivity index (χ2v) is 7.52. The molecule has 1 atom stereocenters. The normalized spacial score (nSPS) is 11.5. The third kappa shape index (κ3) is 4.14. The zero-order valence-electron chi connectivity index (χ0n) is 14.5. The van der Waals surface area contributed by atoms with E-state index in [9.17, 15) is 9.90 Å². The molecule has 2 aromatic heterocycles. The van der Waals surface area contributed by atoms with Crippen molar-refractivity contribution in [2.24, 2.45) is 0 Å². The molecular weight excluding hydrogens is 479 g/mol. The highest BCUT2D eigenvalue weighted by atomic mass is 127. The van der Waals surface area contributed by atoms with E-state index in [0.29, 0.717) is 16.0 Å². The number of fused-ring (bicyclic) bond motifs is 1. The maximum absolute atomic E-state index is 11.8. The van der Waals surface area contributed by atoms with Crippen LogP contribution in [0.15, 0.2) is 30.6 Å². The number of carbonyl (C=O) groups is 1. The van der Waals surface area contributed by atoms with Gasteiger partial charge in [-0.3, -0.25) is 0 Å². The van der Waals surface area contributed by atoms with Crippen LogP contribution in [0, 0.1) is 15.4 Å². The number of thiophene rings is 1. The number of para-hydroxylation sites is 1. The Morgan fingerprint density at radius 2 is 2.15 bits per heavy atom. The summed E-state index contributed by atoms with van der Waals surface area (Å²) in [5.74, 6) is 5.68. The lowest BCUT2D eigenvalue weighted by Crippen LogP contribution is -2.30. The van der Waals surface area contributed by atoms with Crippen molar-refractivity contribution < 1.29 is 19.4 Å². The SMILES string of the molecule is CC#Cc1sc2ncnc(O[C@H](Cc3ccccc3OC)C(=O)O)c2c1I. The van der Waals surface area contributed by atoms with E-state index >= 15 is 0 Å². The van der Waals surface area contributed by atoms with Gasteiger partial charge in [-0.15, -0.1) is 17.3 Å². The molecule has 27 heavy (non-hydrogen) atoms. The number of benzene rings is 1. The molecule has 0 aliphatic rings. The van der Waals surface area contributed by atoms with Crippen LogP contribution in [0.25, 0.3) is 10.2 Å². The average molecular weight is 494 g/mol. The van der Waals surface area contributed by atoms with E-state index in [1.165, 1.54) is 17.7 Å². The first-order valence-electron chi connectivity index (χ1n) is 7.92. The maximum Gasteiger partial charge on any atom is 0.345 e. The number of aromatic nitrogens is 2. The summed E-state index contributed by atoms with van der Waals surface area (Å²) >= 11 is 3.59. The Labute approximate surface area is 173 Å². The molecule has 8 heteroatoms. The Kier molecular flexibility index (Phi) is 6.13. The van der Waals surface area contributed by atoms with Crippen LogP contribution >= 0.6 is 33.9 Å². The van der Waals surface area contributed by atoms with Crippen molar-refractivity contribution in [1.29, 1.82) is 0 Å². The number of carboxylic acids is 1. The molecule has 138 valence electrons. The zero-order valence-corrected chi connectivity index (χ0v) is 17.5. The van der Waals surface area contributed by atoms with Crippen LogP contribution in [0.4, 0.5) is 0 Å². The molecule has 0 aliphatic heterocycles. The van der Waals surface area contributed by atoms with Crippen LogP contribution in [-0.4, -0.2) is 34.3 Å². The third-order valence-corrected chi connectivity index (χ3v) is 6.22.